The molecule has 0 aromatic heterocycles. The largest absolute Gasteiger partial charge is 0.0991 e. The molecule has 0 spiro atoms. The van der Waals surface area contributed by atoms with Gasteiger partial charge in [0.1, 0.15) is 0 Å². The van der Waals surface area contributed by atoms with E-state index in [1.807, 2.05) is 66.8 Å². The maximum atomic E-state index is 3.69. The highest BCUT2D eigenvalue weighted by molar-refractivity contribution is 5.63. The first-order valence-electron chi connectivity index (χ1n) is 6.50. The van der Waals surface area contributed by atoms with E-state index in [-0.39, 0.29) is 0 Å². The van der Waals surface area contributed by atoms with Crippen molar-refractivity contribution in [2.45, 2.75) is 0 Å². The Bertz CT molecular complexity index is 547. The lowest BCUT2D eigenvalue weighted by Crippen LogP contribution is -1.76. The highest BCUT2D eigenvalue weighted by Gasteiger charge is 1.89. The van der Waals surface area contributed by atoms with Crippen LogP contribution in [0.2, 0.25) is 0 Å². The molecule has 20 heavy (non-hydrogen) atoms. The lowest BCUT2D eigenvalue weighted by atomic mass is 10.1. The standard InChI is InChI=1S/2C10H10/c1-3-9-7-5-6-8-10(9)4-2;1-2-3-7-10-8-5-4-6-9-10/h3-8H,1-2H2;2-9H,1H2. The van der Waals surface area contributed by atoms with E-state index in [0.717, 1.165) is 11.1 Å². The number of allylic oxidation sites excluding steroid dienone is 2. The molecule has 0 unspecified atom stereocenters. The number of hydrogen-bond donors (Lipinski definition) is 0. The van der Waals surface area contributed by atoms with Crippen LogP contribution in [-0.2, 0) is 0 Å². The maximum Gasteiger partial charge on any atom is -0.0190 e. The quantitative estimate of drug-likeness (QED) is 0.604. The van der Waals surface area contributed by atoms with Gasteiger partial charge in [-0.1, -0.05) is 105 Å². The van der Waals surface area contributed by atoms with Gasteiger partial charge < -0.3 is 0 Å². The van der Waals surface area contributed by atoms with Crippen molar-refractivity contribution in [3.05, 3.63) is 103 Å². The van der Waals surface area contributed by atoms with E-state index in [2.05, 4.69) is 31.9 Å². The Morgan fingerprint density at radius 2 is 1.15 bits per heavy atom. The lowest BCUT2D eigenvalue weighted by molar-refractivity contribution is 1.62. The van der Waals surface area contributed by atoms with E-state index >= 15 is 0 Å². The molecule has 0 atom stereocenters. The van der Waals surface area contributed by atoms with Gasteiger partial charge in [0, 0.05) is 0 Å². The highest BCUT2D eigenvalue weighted by Crippen LogP contribution is 2.10. The molecular weight excluding hydrogens is 240 g/mol. The molecule has 0 nitrogen and oxygen atoms in total. The minimum Gasteiger partial charge on any atom is -0.0991 e. The molecule has 0 heteroatoms. The van der Waals surface area contributed by atoms with Crippen LogP contribution < -0.4 is 0 Å². The monoisotopic (exact) mass is 260 g/mol. The van der Waals surface area contributed by atoms with Gasteiger partial charge >= 0.3 is 0 Å². The highest BCUT2D eigenvalue weighted by atomic mass is 13.9. The maximum absolute atomic E-state index is 3.69. The molecule has 0 aliphatic heterocycles. The Kier molecular flexibility index (Phi) is 7.22. The van der Waals surface area contributed by atoms with Gasteiger partial charge in [0.05, 0.1) is 0 Å². The minimum absolute atomic E-state index is 1.14. The SMILES string of the molecule is C=CC=Cc1ccccc1.C=Cc1ccccc1C=C. The van der Waals surface area contributed by atoms with Crippen LogP contribution in [0.3, 0.4) is 0 Å². The first kappa shape index (κ1) is 15.5. The average molecular weight is 260 g/mol. The fourth-order valence-electron chi connectivity index (χ4n) is 1.63. The van der Waals surface area contributed by atoms with Crippen LogP contribution in [-0.4, -0.2) is 0 Å². The fraction of sp³-hybridized carbons (Fsp3) is 0. The number of rotatable bonds is 4. The molecule has 0 saturated carbocycles. The molecule has 2 aromatic carbocycles. The molecule has 0 saturated heterocycles. The first-order chi connectivity index (χ1) is 9.81. The van der Waals surface area contributed by atoms with Crippen LogP contribution in [0.1, 0.15) is 16.7 Å². The van der Waals surface area contributed by atoms with Crippen molar-refractivity contribution < 1.29 is 0 Å². The molecule has 0 heterocycles. The van der Waals surface area contributed by atoms with Crippen molar-refractivity contribution in [1.82, 2.24) is 0 Å². The zero-order valence-electron chi connectivity index (χ0n) is 11.7. The Balaban J connectivity index is 0.000000200. The van der Waals surface area contributed by atoms with E-state index in [9.17, 15) is 0 Å². The summed E-state index contributed by atoms with van der Waals surface area (Å²) in [6.07, 6.45) is 9.38. The fourth-order valence-corrected chi connectivity index (χ4v) is 1.63. The van der Waals surface area contributed by atoms with Gasteiger partial charge in [-0.05, 0) is 16.7 Å². The summed E-state index contributed by atoms with van der Waals surface area (Å²) in [6.45, 7) is 11.0. The number of benzene rings is 2. The van der Waals surface area contributed by atoms with E-state index in [1.165, 1.54) is 5.56 Å². The minimum atomic E-state index is 1.14. The van der Waals surface area contributed by atoms with Gasteiger partial charge in [-0.25, -0.2) is 0 Å². The Labute approximate surface area is 122 Å². The molecule has 0 amide bonds. The van der Waals surface area contributed by atoms with Crippen LogP contribution in [0.5, 0.6) is 0 Å². The summed E-state index contributed by atoms with van der Waals surface area (Å²) >= 11 is 0. The summed E-state index contributed by atoms with van der Waals surface area (Å²) in [5.41, 5.74) is 3.48. The van der Waals surface area contributed by atoms with E-state index in [1.54, 1.807) is 6.08 Å². The first-order valence-corrected chi connectivity index (χ1v) is 6.50. The second-order valence-electron chi connectivity index (χ2n) is 4.04. The van der Waals surface area contributed by atoms with Gasteiger partial charge in [0.25, 0.3) is 0 Å². The van der Waals surface area contributed by atoms with Crippen LogP contribution in [0, 0.1) is 0 Å². The van der Waals surface area contributed by atoms with Crippen LogP contribution >= 0.6 is 0 Å². The van der Waals surface area contributed by atoms with Crippen LogP contribution in [0.25, 0.3) is 18.2 Å². The molecule has 0 fully saturated rings. The van der Waals surface area contributed by atoms with Gasteiger partial charge in [0.15, 0.2) is 0 Å². The Morgan fingerprint density at radius 3 is 1.60 bits per heavy atom. The van der Waals surface area contributed by atoms with E-state index < -0.39 is 0 Å². The molecule has 2 rings (SSSR count). The van der Waals surface area contributed by atoms with Crippen molar-refractivity contribution >= 4 is 18.2 Å². The second-order valence-corrected chi connectivity index (χ2v) is 4.04. The normalized spacial score (nSPS) is 9.40. The summed E-state index contributed by atoms with van der Waals surface area (Å²) in [6, 6.07) is 18.2. The summed E-state index contributed by atoms with van der Waals surface area (Å²) in [4.78, 5) is 0. The topological polar surface area (TPSA) is 0 Å². The molecule has 0 radical (unpaired) electrons. The van der Waals surface area contributed by atoms with Gasteiger partial charge in [-0.2, -0.15) is 0 Å². The van der Waals surface area contributed by atoms with Crippen molar-refractivity contribution in [2.75, 3.05) is 0 Å². The molecule has 0 bridgehead atoms. The number of hydrogen-bond acceptors (Lipinski definition) is 0. The van der Waals surface area contributed by atoms with E-state index in [4.69, 9.17) is 0 Å². The van der Waals surface area contributed by atoms with Gasteiger partial charge in [0.2, 0.25) is 0 Å². The summed E-state index contributed by atoms with van der Waals surface area (Å²) in [7, 11) is 0. The predicted molar refractivity (Wildman–Crippen MR) is 92.3 cm³/mol. The molecular formula is C20H20. The molecule has 0 N–H and O–H groups in total. The third-order valence-electron chi connectivity index (χ3n) is 2.66. The molecule has 0 aliphatic carbocycles. The van der Waals surface area contributed by atoms with Crippen LogP contribution in [0.4, 0.5) is 0 Å². The molecule has 100 valence electrons. The molecule has 2 aromatic rings. The zero-order chi connectivity index (χ0) is 14.6. The lowest BCUT2D eigenvalue weighted by Gasteiger charge is -1.96. The summed E-state index contributed by atoms with van der Waals surface area (Å²) < 4.78 is 0. The van der Waals surface area contributed by atoms with E-state index in [0.29, 0.717) is 0 Å². The van der Waals surface area contributed by atoms with Crippen molar-refractivity contribution in [1.29, 1.82) is 0 Å². The predicted octanol–water partition coefficient (Wildman–Crippen LogP) is 5.86. The Morgan fingerprint density at radius 1 is 0.650 bits per heavy atom. The van der Waals surface area contributed by atoms with Crippen molar-refractivity contribution in [3.8, 4) is 0 Å². The van der Waals surface area contributed by atoms with Gasteiger partial charge in [-0.15, -0.1) is 0 Å². The van der Waals surface area contributed by atoms with Crippen molar-refractivity contribution in [3.63, 3.8) is 0 Å². The smallest absolute Gasteiger partial charge is 0.0190 e. The van der Waals surface area contributed by atoms with Gasteiger partial charge in [-0.3, -0.25) is 0 Å². The summed E-state index contributed by atoms with van der Waals surface area (Å²) in [5, 5.41) is 0. The third kappa shape index (κ3) is 5.36. The second kappa shape index (κ2) is 9.35. The summed E-state index contributed by atoms with van der Waals surface area (Å²) in [5.74, 6) is 0. The molecule has 0 aliphatic rings. The third-order valence-corrected chi connectivity index (χ3v) is 2.66. The Hall–Kier alpha value is -2.60. The van der Waals surface area contributed by atoms with Crippen molar-refractivity contribution in [2.24, 2.45) is 0 Å². The zero-order valence-corrected chi connectivity index (χ0v) is 11.7. The average Bonchev–Trinajstić information content (AvgIpc) is 2.54. The van der Waals surface area contributed by atoms with Crippen LogP contribution in [0.15, 0.2) is 86.5 Å².